The van der Waals surface area contributed by atoms with Gasteiger partial charge < -0.3 is 5.73 Å². The number of hydrogen-bond acceptors (Lipinski definition) is 1. The normalized spacial score (nSPS) is 42.6. The number of nitrogens with two attached hydrogens (primary N) is 1. The van der Waals surface area contributed by atoms with Crippen LogP contribution >= 0.6 is 0 Å². The Hall–Kier alpha value is -0.480. The first-order chi connectivity index (χ1) is 4.25. The third-order valence-corrected chi connectivity index (χ3v) is 2.34. The van der Waals surface area contributed by atoms with E-state index in [1.807, 2.05) is 0 Å². The number of rotatable bonds is 0. The lowest BCUT2D eigenvalue weighted by atomic mass is 9.97. The average Bonchev–Trinajstić information content (AvgIpc) is 2.15. The van der Waals surface area contributed by atoms with Gasteiger partial charge in [-0.05, 0) is 18.8 Å². The SMILES string of the molecule is C#CC1CCC(N)C1C. The lowest BCUT2D eigenvalue weighted by molar-refractivity contribution is 0.468. The zero-order valence-corrected chi connectivity index (χ0v) is 5.80. The van der Waals surface area contributed by atoms with Crippen LogP contribution in [-0.4, -0.2) is 6.04 Å². The summed E-state index contributed by atoms with van der Waals surface area (Å²) in [5.41, 5.74) is 5.75. The summed E-state index contributed by atoms with van der Waals surface area (Å²) in [7, 11) is 0. The summed E-state index contributed by atoms with van der Waals surface area (Å²) < 4.78 is 0. The summed E-state index contributed by atoms with van der Waals surface area (Å²) in [5.74, 6) is 3.75. The van der Waals surface area contributed by atoms with Gasteiger partial charge in [0.2, 0.25) is 0 Å². The van der Waals surface area contributed by atoms with Crippen LogP contribution in [0.15, 0.2) is 0 Å². The summed E-state index contributed by atoms with van der Waals surface area (Å²) in [6.07, 6.45) is 7.51. The molecule has 1 aliphatic rings. The Kier molecular flexibility index (Phi) is 1.78. The van der Waals surface area contributed by atoms with Gasteiger partial charge in [0, 0.05) is 12.0 Å². The third-order valence-electron chi connectivity index (χ3n) is 2.34. The molecule has 1 nitrogen and oxygen atoms in total. The molecule has 0 heterocycles. The second-order valence-corrected chi connectivity index (χ2v) is 2.87. The van der Waals surface area contributed by atoms with Crippen LogP contribution in [0.5, 0.6) is 0 Å². The molecule has 1 saturated carbocycles. The maximum absolute atomic E-state index is 5.75. The van der Waals surface area contributed by atoms with Crippen LogP contribution in [0.25, 0.3) is 0 Å². The predicted octanol–water partition coefficient (Wildman–Crippen LogP) is 0.993. The highest BCUT2D eigenvalue weighted by Crippen LogP contribution is 2.29. The van der Waals surface area contributed by atoms with Gasteiger partial charge in [0.25, 0.3) is 0 Å². The van der Waals surface area contributed by atoms with E-state index < -0.39 is 0 Å². The van der Waals surface area contributed by atoms with Gasteiger partial charge in [-0.3, -0.25) is 0 Å². The van der Waals surface area contributed by atoms with Crippen molar-refractivity contribution in [2.75, 3.05) is 0 Å². The van der Waals surface area contributed by atoms with Crippen molar-refractivity contribution in [3.05, 3.63) is 0 Å². The molecule has 1 rings (SSSR count). The van der Waals surface area contributed by atoms with Crippen LogP contribution in [0.4, 0.5) is 0 Å². The van der Waals surface area contributed by atoms with Crippen molar-refractivity contribution in [1.82, 2.24) is 0 Å². The van der Waals surface area contributed by atoms with Crippen LogP contribution in [-0.2, 0) is 0 Å². The quantitative estimate of drug-likeness (QED) is 0.478. The molecular formula is C8H13N. The fraction of sp³-hybridized carbons (Fsp3) is 0.750. The van der Waals surface area contributed by atoms with Gasteiger partial charge in [0.1, 0.15) is 0 Å². The highest BCUT2D eigenvalue weighted by Gasteiger charge is 2.28. The number of terminal acetylenes is 1. The lowest BCUT2D eigenvalue weighted by Gasteiger charge is -2.11. The van der Waals surface area contributed by atoms with Gasteiger partial charge >= 0.3 is 0 Å². The molecule has 0 aromatic heterocycles. The molecular weight excluding hydrogens is 110 g/mol. The van der Waals surface area contributed by atoms with E-state index in [0.717, 1.165) is 12.8 Å². The molecule has 0 spiro atoms. The molecule has 0 radical (unpaired) electrons. The minimum atomic E-state index is 0.353. The van der Waals surface area contributed by atoms with E-state index in [9.17, 15) is 0 Å². The Bertz CT molecular complexity index is 134. The Labute approximate surface area is 56.6 Å². The molecule has 1 aliphatic carbocycles. The monoisotopic (exact) mass is 123 g/mol. The van der Waals surface area contributed by atoms with Gasteiger partial charge in [-0.1, -0.05) is 6.92 Å². The minimum absolute atomic E-state index is 0.353. The van der Waals surface area contributed by atoms with E-state index in [1.54, 1.807) is 0 Å². The Morgan fingerprint density at radius 2 is 2.22 bits per heavy atom. The van der Waals surface area contributed by atoms with Gasteiger partial charge in [-0.25, -0.2) is 0 Å². The molecule has 0 aromatic carbocycles. The smallest absolute Gasteiger partial charge is 0.0241 e. The molecule has 0 amide bonds. The second kappa shape index (κ2) is 2.41. The third kappa shape index (κ3) is 1.09. The van der Waals surface area contributed by atoms with Gasteiger partial charge in [0.05, 0.1) is 0 Å². The van der Waals surface area contributed by atoms with Crippen molar-refractivity contribution >= 4 is 0 Å². The summed E-state index contributed by atoms with van der Waals surface area (Å²) in [4.78, 5) is 0. The summed E-state index contributed by atoms with van der Waals surface area (Å²) in [6.45, 7) is 2.14. The average molecular weight is 123 g/mol. The molecule has 50 valence electrons. The Balaban J connectivity index is 2.54. The van der Waals surface area contributed by atoms with Crippen LogP contribution in [0, 0.1) is 24.2 Å². The highest BCUT2D eigenvalue weighted by molar-refractivity contribution is 5.01. The Morgan fingerprint density at radius 1 is 1.56 bits per heavy atom. The molecule has 2 N–H and O–H groups in total. The van der Waals surface area contributed by atoms with Crippen molar-refractivity contribution in [1.29, 1.82) is 0 Å². The summed E-state index contributed by atoms with van der Waals surface area (Å²) in [6, 6.07) is 0.353. The zero-order chi connectivity index (χ0) is 6.85. The van der Waals surface area contributed by atoms with Gasteiger partial charge in [-0.2, -0.15) is 0 Å². The largest absolute Gasteiger partial charge is 0.327 e. The van der Waals surface area contributed by atoms with E-state index in [0.29, 0.717) is 17.9 Å². The first-order valence-electron chi connectivity index (χ1n) is 3.47. The van der Waals surface area contributed by atoms with Crippen LogP contribution in [0.2, 0.25) is 0 Å². The van der Waals surface area contributed by atoms with Gasteiger partial charge in [-0.15, -0.1) is 12.3 Å². The van der Waals surface area contributed by atoms with Crippen molar-refractivity contribution in [3.63, 3.8) is 0 Å². The van der Waals surface area contributed by atoms with Crippen molar-refractivity contribution in [3.8, 4) is 12.3 Å². The lowest BCUT2D eigenvalue weighted by Crippen LogP contribution is -2.24. The molecule has 0 saturated heterocycles. The second-order valence-electron chi connectivity index (χ2n) is 2.87. The van der Waals surface area contributed by atoms with Crippen molar-refractivity contribution < 1.29 is 0 Å². The van der Waals surface area contributed by atoms with Crippen LogP contribution < -0.4 is 5.73 Å². The highest BCUT2D eigenvalue weighted by atomic mass is 14.7. The maximum Gasteiger partial charge on any atom is 0.0241 e. The molecule has 0 aromatic rings. The summed E-state index contributed by atoms with van der Waals surface area (Å²) in [5, 5.41) is 0. The molecule has 0 bridgehead atoms. The molecule has 1 heteroatoms. The van der Waals surface area contributed by atoms with Crippen molar-refractivity contribution in [2.45, 2.75) is 25.8 Å². The van der Waals surface area contributed by atoms with Gasteiger partial charge in [0.15, 0.2) is 0 Å². The molecule has 3 unspecified atom stereocenters. The first kappa shape index (κ1) is 6.64. The van der Waals surface area contributed by atoms with E-state index in [-0.39, 0.29) is 0 Å². The topological polar surface area (TPSA) is 26.0 Å². The molecule has 9 heavy (non-hydrogen) atoms. The minimum Gasteiger partial charge on any atom is -0.327 e. The van der Waals surface area contributed by atoms with E-state index >= 15 is 0 Å². The van der Waals surface area contributed by atoms with E-state index in [1.165, 1.54) is 0 Å². The van der Waals surface area contributed by atoms with Crippen molar-refractivity contribution in [2.24, 2.45) is 17.6 Å². The fourth-order valence-electron chi connectivity index (χ4n) is 1.43. The standard InChI is InChI=1S/C8H13N/c1-3-7-4-5-8(9)6(7)2/h1,6-8H,4-5,9H2,2H3. The molecule has 1 fully saturated rings. The first-order valence-corrected chi connectivity index (χ1v) is 3.47. The van der Waals surface area contributed by atoms with E-state index in [4.69, 9.17) is 12.2 Å². The van der Waals surface area contributed by atoms with Crippen LogP contribution in [0.3, 0.4) is 0 Å². The zero-order valence-electron chi connectivity index (χ0n) is 5.80. The fourth-order valence-corrected chi connectivity index (χ4v) is 1.43. The molecule has 0 aliphatic heterocycles. The Morgan fingerprint density at radius 3 is 2.44 bits per heavy atom. The van der Waals surface area contributed by atoms with E-state index in [2.05, 4.69) is 12.8 Å². The molecule has 3 atom stereocenters. The summed E-state index contributed by atoms with van der Waals surface area (Å²) >= 11 is 0. The van der Waals surface area contributed by atoms with Crippen LogP contribution in [0.1, 0.15) is 19.8 Å². The number of hydrogen-bond donors (Lipinski definition) is 1. The predicted molar refractivity (Wildman–Crippen MR) is 38.7 cm³/mol. The maximum atomic E-state index is 5.75.